The lowest BCUT2D eigenvalue weighted by Crippen LogP contribution is -2.26. The van der Waals surface area contributed by atoms with Crippen LogP contribution in [0.3, 0.4) is 0 Å². The molecule has 0 unspecified atom stereocenters. The SMILES string of the molecule is Cc1cccc(Cc2[nH]nc3cc(O)c(C(=O)N(C)Cc4ccc5c(c4)OCO5)cc23)c1. The molecule has 4 aromatic rings. The fraction of sp³-hybridized carbons (Fsp3) is 0.200. The molecule has 32 heavy (non-hydrogen) atoms. The summed E-state index contributed by atoms with van der Waals surface area (Å²) in [5.74, 6) is 1.01. The molecule has 0 fully saturated rings. The van der Waals surface area contributed by atoms with Crippen LogP contribution in [0.15, 0.2) is 54.6 Å². The molecule has 1 aliphatic rings. The van der Waals surface area contributed by atoms with E-state index in [1.807, 2.05) is 24.3 Å². The summed E-state index contributed by atoms with van der Waals surface area (Å²) in [6.07, 6.45) is 0.656. The van der Waals surface area contributed by atoms with Crippen molar-refractivity contribution in [2.45, 2.75) is 19.9 Å². The van der Waals surface area contributed by atoms with Gasteiger partial charge in [0.2, 0.25) is 6.79 Å². The number of carbonyl (C=O) groups is 1. The van der Waals surface area contributed by atoms with E-state index >= 15 is 0 Å². The normalized spacial score (nSPS) is 12.3. The first kappa shape index (κ1) is 19.9. The lowest BCUT2D eigenvalue weighted by molar-refractivity contribution is 0.0782. The third-order valence-electron chi connectivity index (χ3n) is 5.65. The second kappa shape index (κ2) is 7.92. The molecular formula is C25H23N3O4. The molecule has 3 aromatic carbocycles. The number of aryl methyl sites for hydroxylation is 1. The van der Waals surface area contributed by atoms with Crippen LogP contribution in [-0.2, 0) is 13.0 Å². The summed E-state index contributed by atoms with van der Waals surface area (Å²) in [5.41, 5.74) is 5.02. The first-order valence-corrected chi connectivity index (χ1v) is 10.4. The quantitative estimate of drug-likeness (QED) is 0.497. The number of rotatable bonds is 5. The third-order valence-corrected chi connectivity index (χ3v) is 5.65. The van der Waals surface area contributed by atoms with Gasteiger partial charge < -0.3 is 19.5 Å². The van der Waals surface area contributed by atoms with E-state index in [-0.39, 0.29) is 24.0 Å². The summed E-state index contributed by atoms with van der Waals surface area (Å²) in [4.78, 5) is 14.7. The topological polar surface area (TPSA) is 87.7 Å². The molecule has 1 aliphatic heterocycles. The number of fused-ring (bicyclic) bond motifs is 2. The summed E-state index contributed by atoms with van der Waals surface area (Å²) in [6, 6.07) is 17.1. The zero-order chi connectivity index (χ0) is 22.2. The maximum absolute atomic E-state index is 13.2. The molecule has 7 heteroatoms. The Morgan fingerprint density at radius 2 is 1.94 bits per heavy atom. The van der Waals surface area contributed by atoms with Gasteiger partial charge in [0.25, 0.3) is 5.91 Å². The van der Waals surface area contributed by atoms with E-state index in [0.29, 0.717) is 30.0 Å². The average molecular weight is 429 g/mol. The molecule has 2 heterocycles. The molecular weight excluding hydrogens is 406 g/mol. The number of nitrogens with zero attached hydrogens (tertiary/aromatic N) is 2. The maximum Gasteiger partial charge on any atom is 0.257 e. The number of aromatic hydroxyl groups is 1. The number of ether oxygens (including phenoxy) is 2. The van der Waals surface area contributed by atoms with Gasteiger partial charge in [-0.15, -0.1) is 0 Å². The Labute approximate surface area is 185 Å². The summed E-state index contributed by atoms with van der Waals surface area (Å²) >= 11 is 0. The highest BCUT2D eigenvalue weighted by atomic mass is 16.7. The number of aromatic nitrogens is 2. The number of hydrogen-bond donors (Lipinski definition) is 2. The highest BCUT2D eigenvalue weighted by Gasteiger charge is 2.20. The predicted octanol–water partition coefficient (Wildman–Crippen LogP) is 4.17. The van der Waals surface area contributed by atoms with Gasteiger partial charge >= 0.3 is 0 Å². The molecule has 162 valence electrons. The van der Waals surface area contributed by atoms with E-state index in [4.69, 9.17) is 9.47 Å². The van der Waals surface area contributed by atoms with Crippen LogP contribution in [0.25, 0.3) is 10.9 Å². The number of benzene rings is 3. The minimum Gasteiger partial charge on any atom is -0.507 e. The van der Waals surface area contributed by atoms with Crippen LogP contribution in [0.5, 0.6) is 17.2 Å². The molecule has 0 atom stereocenters. The van der Waals surface area contributed by atoms with E-state index in [1.54, 1.807) is 18.0 Å². The van der Waals surface area contributed by atoms with Crippen LogP contribution in [0.4, 0.5) is 0 Å². The number of phenols is 1. The number of carbonyl (C=O) groups excluding carboxylic acids is 1. The fourth-order valence-corrected chi connectivity index (χ4v) is 4.02. The monoisotopic (exact) mass is 429 g/mol. The molecule has 0 aliphatic carbocycles. The molecule has 1 amide bonds. The van der Waals surface area contributed by atoms with Crippen molar-refractivity contribution < 1.29 is 19.4 Å². The second-order valence-electron chi connectivity index (χ2n) is 8.10. The Morgan fingerprint density at radius 3 is 2.78 bits per heavy atom. The van der Waals surface area contributed by atoms with Crippen molar-refractivity contribution >= 4 is 16.8 Å². The molecule has 7 nitrogen and oxygen atoms in total. The number of H-pyrrole nitrogens is 1. The van der Waals surface area contributed by atoms with Crippen molar-refractivity contribution in [3.05, 3.63) is 82.5 Å². The van der Waals surface area contributed by atoms with Crippen molar-refractivity contribution in [2.75, 3.05) is 13.8 Å². The number of nitrogens with one attached hydrogen (secondary N) is 1. The number of hydrogen-bond acceptors (Lipinski definition) is 5. The minimum atomic E-state index is -0.273. The van der Waals surface area contributed by atoms with Crippen molar-refractivity contribution in [1.82, 2.24) is 15.1 Å². The number of amides is 1. The molecule has 0 spiro atoms. The van der Waals surface area contributed by atoms with Crippen molar-refractivity contribution in [3.8, 4) is 17.2 Å². The van der Waals surface area contributed by atoms with Gasteiger partial charge in [-0.25, -0.2) is 0 Å². The van der Waals surface area contributed by atoms with E-state index in [9.17, 15) is 9.90 Å². The van der Waals surface area contributed by atoms with E-state index in [2.05, 4.69) is 35.3 Å². The molecule has 0 saturated carbocycles. The van der Waals surface area contributed by atoms with Crippen LogP contribution in [0.2, 0.25) is 0 Å². The zero-order valence-corrected chi connectivity index (χ0v) is 17.9. The molecule has 0 saturated heterocycles. The highest BCUT2D eigenvalue weighted by molar-refractivity contribution is 6.01. The molecule has 0 bridgehead atoms. The molecule has 0 radical (unpaired) electrons. The Kier molecular flexibility index (Phi) is 4.93. The van der Waals surface area contributed by atoms with Crippen LogP contribution in [0.1, 0.15) is 32.7 Å². The van der Waals surface area contributed by atoms with Crippen molar-refractivity contribution in [3.63, 3.8) is 0 Å². The van der Waals surface area contributed by atoms with Gasteiger partial charge in [0, 0.05) is 37.2 Å². The Hall–Kier alpha value is -4.00. The van der Waals surface area contributed by atoms with Gasteiger partial charge in [-0.1, -0.05) is 35.9 Å². The van der Waals surface area contributed by atoms with Crippen molar-refractivity contribution in [2.24, 2.45) is 0 Å². The minimum absolute atomic E-state index is 0.0892. The van der Waals surface area contributed by atoms with Crippen LogP contribution < -0.4 is 9.47 Å². The number of phenolic OH excluding ortho intramolecular Hbond substituents is 1. The first-order valence-electron chi connectivity index (χ1n) is 10.4. The van der Waals surface area contributed by atoms with Gasteiger partial charge in [0.15, 0.2) is 11.5 Å². The van der Waals surface area contributed by atoms with Crippen LogP contribution >= 0.6 is 0 Å². The largest absolute Gasteiger partial charge is 0.507 e. The van der Waals surface area contributed by atoms with Gasteiger partial charge in [-0.3, -0.25) is 9.89 Å². The number of aromatic amines is 1. The van der Waals surface area contributed by atoms with Crippen molar-refractivity contribution in [1.29, 1.82) is 0 Å². The van der Waals surface area contributed by atoms with Gasteiger partial charge in [0.1, 0.15) is 5.75 Å². The summed E-state index contributed by atoms with van der Waals surface area (Å²) in [6.45, 7) is 2.63. The summed E-state index contributed by atoms with van der Waals surface area (Å²) in [5, 5.41) is 18.7. The van der Waals surface area contributed by atoms with Crippen LogP contribution in [0, 0.1) is 6.92 Å². The molecule has 2 N–H and O–H groups in total. The van der Waals surface area contributed by atoms with E-state index in [1.165, 1.54) is 11.6 Å². The van der Waals surface area contributed by atoms with Gasteiger partial charge in [-0.2, -0.15) is 5.10 Å². The first-order chi connectivity index (χ1) is 15.5. The third kappa shape index (κ3) is 3.73. The van der Waals surface area contributed by atoms with Gasteiger partial charge in [-0.05, 0) is 36.2 Å². The fourth-order valence-electron chi connectivity index (χ4n) is 4.02. The Bertz CT molecular complexity index is 1330. The summed E-state index contributed by atoms with van der Waals surface area (Å²) < 4.78 is 10.8. The highest BCUT2D eigenvalue weighted by Crippen LogP contribution is 2.33. The maximum atomic E-state index is 13.2. The average Bonchev–Trinajstić information content (AvgIpc) is 3.39. The second-order valence-corrected chi connectivity index (χ2v) is 8.10. The summed E-state index contributed by atoms with van der Waals surface area (Å²) in [7, 11) is 1.71. The van der Waals surface area contributed by atoms with E-state index < -0.39 is 0 Å². The lowest BCUT2D eigenvalue weighted by atomic mass is 10.0. The smallest absolute Gasteiger partial charge is 0.257 e. The van der Waals surface area contributed by atoms with E-state index in [0.717, 1.165) is 22.2 Å². The lowest BCUT2D eigenvalue weighted by Gasteiger charge is -2.18. The predicted molar refractivity (Wildman–Crippen MR) is 120 cm³/mol. The van der Waals surface area contributed by atoms with Crippen LogP contribution in [-0.4, -0.2) is 40.0 Å². The standard InChI is InChI=1S/C25H23N3O4/c1-15-4-3-5-16(8-15)9-20-18-11-19(22(29)12-21(18)27-26-20)25(30)28(2)13-17-6-7-23-24(10-17)32-14-31-23/h3-8,10-12,29H,9,13-14H2,1-2H3,(H,26,27). The van der Waals surface area contributed by atoms with Gasteiger partial charge in [0.05, 0.1) is 11.1 Å². The molecule has 5 rings (SSSR count). The Morgan fingerprint density at radius 1 is 1.09 bits per heavy atom. The Balaban J connectivity index is 1.41. The zero-order valence-electron chi connectivity index (χ0n) is 17.9. The molecule has 1 aromatic heterocycles.